The molecule has 2 rings (SSSR count). The van der Waals surface area contributed by atoms with E-state index in [-0.39, 0.29) is 12.1 Å². The van der Waals surface area contributed by atoms with Crippen molar-refractivity contribution in [2.24, 2.45) is 0 Å². The van der Waals surface area contributed by atoms with Gasteiger partial charge in [-0.15, -0.1) is 0 Å². The van der Waals surface area contributed by atoms with Crippen molar-refractivity contribution in [1.82, 2.24) is 15.1 Å². The van der Waals surface area contributed by atoms with Gasteiger partial charge in [0.15, 0.2) is 6.23 Å². The fourth-order valence-electron chi connectivity index (χ4n) is 3.18. The van der Waals surface area contributed by atoms with Crippen LogP contribution >= 0.6 is 0 Å². The van der Waals surface area contributed by atoms with E-state index in [4.69, 9.17) is 9.47 Å². The number of carbonyl (C=O) groups excluding carboxylic acids is 2. The molecular weight excluding hydrogens is 427 g/mol. The minimum Gasteiger partial charge on any atom is -0.394 e. The number of aliphatic hydroxyl groups is 3. The first-order valence-corrected chi connectivity index (χ1v) is 9.34. The molecule has 4 N–H and O–H groups in total. The fraction of sp³-hybridized carbons (Fsp3) is 0.667. The topological polar surface area (TPSA) is 132 Å². The minimum atomic E-state index is -5.14. The first kappa shape index (κ1) is 25.1. The number of ether oxygens (including phenoxy) is 2. The molecule has 2 aliphatic rings. The van der Waals surface area contributed by atoms with Crippen molar-refractivity contribution in [2.45, 2.75) is 50.9 Å². The fourth-order valence-corrected chi connectivity index (χ4v) is 3.18. The maximum absolute atomic E-state index is 13.0. The van der Waals surface area contributed by atoms with Gasteiger partial charge in [0.25, 0.3) is 5.91 Å². The van der Waals surface area contributed by atoms with Crippen LogP contribution in [0.25, 0.3) is 0 Å². The highest BCUT2D eigenvalue weighted by Crippen LogP contribution is 2.29. The van der Waals surface area contributed by atoms with E-state index in [1.54, 1.807) is 13.8 Å². The van der Waals surface area contributed by atoms with Gasteiger partial charge in [0.1, 0.15) is 18.3 Å². The lowest BCUT2D eigenvalue weighted by Crippen LogP contribution is -2.58. The van der Waals surface area contributed by atoms with Crippen LogP contribution in [0.1, 0.15) is 13.8 Å². The maximum atomic E-state index is 13.0. The van der Waals surface area contributed by atoms with Gasteiger partial charge >= 0.3 is 12.1 Å². The lowest BCUT2D eigenvalue weighted by atomic mass is 10.1. The molecule has 1 fully saturated rings. The van der Waals surface area contributed by atoms with Crippen molar-refractivity contribution in [3.63, 3.8) is 0 Å². The van der Waals surface area contributed by atoms with Crippen LogP contribution in [0.5, 0.6) is 0 Å². The van der Waals surface area contributed by atoms with Gasteiger partial charge in [-0.05, 0) is 13.8 Å². The number of alkyl halides is 3. The zero-order chi connectivity index (χ0) is 23.5. The summed E-state index contributed by atoms with van der Waals surface area (Å²) in [6.45, 7) is 1.65. The van der Waals surface area contributed by atoms with Gasteiger partial charge in [-0.2, -0.15) is 13.2 Å². The Hall–Kier alpha value is -2.19. The summed E-state index contributed by atoms with van der Waals surface area (Å²) >= 11 is 0. The van der Waals surface area contributed by atoms with Crippen LogP contribution in [0.3, 0.4) is 0 Å². The van der Waals surface area contributed by atoms with Gasteiger partial charge in [0.2, 0.25) is 6.35 Å². The Morgan fingerprint density at radius 2 is 2.03 bits per heavy atom. The van der Waals surface area contributed by atoms with E-state index in [1.807, 2.05) is 0 Å². The molecule has 5 atom stereocenters. The zero-order valence-electron chi connectivity index (χ0n) is 17.2. The van der Waals surface area contributed by atoms with Gasteiger partial charge in [-0.25, -0.2) is 0 Å². The van der Waals surface area contributed by atoms with Crippen LogP contribution in [0, 0.1) is 0 Å². The van der Waals surface area contributed by atoms with Gasteiger partial charge < -0.3 is 39.9 Å². The van der Waals surface area contributed by atoms with E-state index in [0.29, 0.717) is 10.5 Å². The molecule has 3 unspecified atom stereocenters. The monoisotopic (exact) mass is 453 g/mol. The highest BCUT2D eigenvalue weighted by atomic mass is 19.4. The number of nitrogens with one attached hydrogen (secondary N) is 1. The van der Waals surface area contributed by atoms with Crippen molar-refractivity contribution >= 4 is 11.8 Å². The summed E-state index contributed by atoms with van der Waals surface area (Å²) in [6.07, 6.45) is -8.86. The molecule has 0 aromatic rings. The Bertz CT molecular complexity index is 739. The molecule has 10 nitrogen and oxygen atoms in total. The molecular formula is C18H26F3N3O7. The average Bonchev–Trinajstić information content (AvgIpc) is 3.00. The molecule has 2 amide bonds. The number of hydrogen-bond donors (Lipinski definition) is 4. The number of rotatable bonds is 7. The quantitative estimate of drug-likeness (QED) is 0.362. The highest BCUT2D eigenvalue weighted by molar-refractivity contribution is 5.95. The van der Waals surface area contributed by atoms with E-state index >= 15 is 0 Å². The molecule has 13 heteroatoms. The summed E-state index contributed by atoms with van der Waals surface area (Å²) in [5.41, 5.74) is 0.413. The smallest absolute Gasteiger partial charge is 0.394 e. The number of hydrogen-bond acceptors (Lipinski definition) is 8. The molecule has 176 valence electrons. The van der Waals surface area contributed by atoms with Gasteiger partial charge in [-0.3, -0.25) is 9.59 Å². The number of methoxy groups -OCH3 is 1. The summed E-state index contributed by atoms with van der Waals surface area (Å²) in [4.78, 5) is 25.6. The van der Waals surface area contributed by atoms with Crippen LogP contribution < -0.4 is 5.32 Å². The molecule has 0 radical (unpaired) electrons. The number of amides is 2. The normalized spacial score (nSPS) is 28.8. The minimum absolute atomic E-state index is 0.259. The van der Waals surface area contributed by atoms with Crippen molar-refractivity contribution in [3.8, 4) is 0 Å². The van der Waals surface area contributed by atoms with Crippen LogP contribution in [0.4, 0.5) is 13.2 Å². The lowest BCUT2D eigenvalue weighted by molar-refractivity contribution is -0.184. The second-order valence-corrected chi connectivity index (χ2v) is 7.35. The first-order chi connectivity index (χ1) is 14.4. The molecule has 1 saturated heterocycles. The zero-order valence-corrected chi connectivity index (χ0v) is 17.2. The number of nitrogens with zero attached hydrogens (tertiary/aromatic N) is 2. The predicted octanol–water partition coefficient (Wildman–Crippen LogP) is -0.972. The van der Waals surface area contributed by atoms with Crippen LogP contribution in [-0.4, -0.2) is 101 Å². The van der Waals surface area contributed by atoms with Gasteiger partial charge in [0.05, 0.1) is 18.7 Å². The van der Waals surface area contributed by atoms with E-state index < -0.39 is 62.0 Å². The Morgan fingerprint density at radius 3 is 2.55 bits per heavy atom. The first-order valence-electron chi connectivity index (χ1n) is 9.34. The van der Waals surface area contributed by atoms with Crippen LogP contribution in [0.15, 0.2) is 23.4 Å². The second kappa shape index (κ2) is 9.96. The summed E-state index contributed by atoms with van der Waals surface area (Å²) < 4.78 is 49.7. The Kier molecular flexibility index (Phi) is 8.05. The third-order valence-electron chi connectivity index (χ3n) is 4.81. The van der Waals surface area contributed by atoms with Gasteiger partial charge in [-0.1, -0.05) is 11.6 Å². The molecule has 0 saturated carbocycles. The van der Waals surface area contributed by atoms with Crippen LogP contribution in [0.2, 0.25) is 0 Å². The Labute approximate surface area is 176 Å². The number of allylic oxidation sites excluding steroid dienone is 1. The lowest BCUT2D eigenvalue weighted by Gasteiger charge is -2.38. The molecule has 0 spiro atoms. The summed E-state index contributed by atoms with van der Waals surface area (Å²) in [5.74, 6) is -3.01. The Balaban J connectivity index is 2.33. The average molecular weight is 453 g/mol. The third kappa shape index (κ3) is 5.74. The van der Waals surface area contributed by atoms with Crippen molar-refractivity contribution in [2.75, 3.05) is 26.8 Å². The Morgan fingerprint density at radius 1 is 1.39 bits per heavy atom. The van der Waals surface area contributed by atoms with E-state index in [1.165, 1.54) is 13.2 Å². The van der Waals surface area contributed by atoms with E-state index in [9.17, 15) is 38.1 Å². The molecule has 2 aliphatic heterocycles. The van der Waals surface area contributed by atoms with Crippen molar-refractivity contribution < 1.29 is 47.6 Å². The third-order valence-corrected chi connectivity index (χ3v) is 4.81. The van der Waals surface area contributed by atoms with Crippen LogP contribution in [-0.2, 0) is 19.1 Å². The predicted molar refractivity (Wildman–Crippen MR) is 98.7 cm³/mol. The standard InChI is InChI=1S/C18H26F3N3O7/c1-9(2)4-5-23(16(28)18(19,20)21)6-10-7-24(17(29)22-14(10)27)15-13(30-3)12(26)11(8-25)31-15/h4,7,11-13,15,17,25-26,29H,5-6,8H2,1-3H3,(H,22,27)/t11-,12?,13?,15-,17?/m1/s1. The number of halogens is 3. The summed E-state index contributed by atoms with van der Waals surface area (Å²) in [7, 11) is 1.26. The van der Waals surface area contributed by atoms with Crippen molar-refractivity contribution in [1.29, 1.82) is 0 Å². The number of carbonyl (C=O) groups is 2. The SMILES string of the molecule is COC1C(O)[C@@H](CO)O[C@H]1N1C=C(CN(CC=C(C)C)C(=O)C(F)(F)F)C(=O)NC1O. The van der Waals surface area contributed by atoms with E-state index in [0.717, 1.165) is 11.1 Å². The molecule has 31 heavy (non-hydrogen) atoms. The van der Waals surface area contributed by atoms with Crippen molar-refractivity contribution in [3.05, 3.63) is 23.4 Å². The molecule has 0 aromatic heterocycles. The largest absolute Gasteiger partial charge is 0.471 e. The van der Waals surface area contributed by atoms with Gasteiger partial charge in [0, 0.05) is 19.9 Å². The molecule has 2 heterocycles. The summed E-state index contributed by atoms with van der Waals surface area (Å²) in [5, 5.41) is 31.9. The second-order valence-electron chi connectivity index (χ2n) is 7.35. The number of aliphatic hydroxyl groups excluding tert-OH is 3. The maximum Gasteiger partial charge on any atom is 0.471 e. The molecule has 0 aliphatic carbocycles. The molecule has 0 aromatic carbocycles. The highest BCUT2D eigenvalue weighted by Gasteiger charge is 2.49. The summed E-state index contributed by atoms with van der Waals surface area (Å²) in [6, 6.07) is 0. The molecule has 0 bridgehead atoms. The van der Waals surface area contributed by atoms with E-state index in [2.05, 4.69) is 5.32 Å².